The van der Waals surface area contributed by atoms with E-state index in [1.165, 1.54) is 11.1 Å². The Morgan fingerprint density at radius 1 is 0.900 bits per heavy atom. The van der Waals surface area contributed by atoms with Crippen molar-refractivity contribution in [2.75, 3.05) is 13.2 Å². The van der Waals surface area contributed by atoms with E-state index in [-0.39, 0.29) is 0 Å². The molecule has 2 aromatic carbocycles. The zero-order chi connectivity index (χ0) is 13.8. The van der Waals surface area contributed by atoms with Gasteiger partial charge in [-0.05, 0) is 17.2 Å². The molecule has 0 bridgehead atoms. The van der Waals surface area contributed by atoms with Crippen molar-refractivity contribution in [2.45, 2.75) is 18.4 Å². The fourth-order valence-corrected chi connectivity index (χ4v) is 2.79. The van der Waals surface area contributed by atoms with Crippen LogP contribution in [0, 0.1) is 6.57 Å². The zero-order valence-electron chi connectivity index (χ0n) is 11.4. The Kier molecular flexibility index (Phi) is 3.54. The molecule has 0 amide bonds. The van der Waals surface area contributed by atoms with E-state index >= 15 is 0 Å². The van der Waals surface area contributed by atoms with Gasteiger partial charge < -0.3 is 9.58 Å². The van der Waals surface area contributed by atoms with E-state index in [1.54, 1.807) is 0 Å². The molecule has 0 saturated carbocycles. The first-order chi connectivity index (χ1) is 9.84. The topological polar surface area (TPSA) is 13.6 Å². The standard InChI is InChI=1S/C18H17NO/c1-19-18(10-12-20-13-11-18)17-9-5-8-16(14-17)15-6-3-2-4-7-15/h2-9,14H,10-13H2. The molecule has 1 saturated heterocycles. The molecular formula is C18H17NO. The third kappa shape index (κ3) is 2.33. The summed E-state index contributed by atoms with van der Waals surface area (Å²) in [7, 11) is 0. The largest absolute Gasteiger partial charge is 0.381 e. The van der Waals surface area contributed by atoms with Crippen molar-refractivity contribution in [3.8, 4) is 11.1 Å². The summed E-state index contributed by atoms with van der Waals surface area (Å²) in [6.45, 7) is 8.98. The maximum absolute atomic E-state index is 7.63. The molecule has 20 heavy (non-hydrogen) atoms. The van der Waals surface area contributed by atoms with Crippen molar-refractivity contribution in [3.63, 3.8) is 0 Å². The Balaban J connectivity index is 2.01. The first-order valence-electron chi connectivity index (χ1n) is 6.96. The number of hydrogen-bond donors (Lipinski definition) is 0. The third-order valence-electron chi connectivity index (χ3n) is 4.04. The van der Waals surface area contributed by atoms with E-state index in [2.05, 4.69) is 41.2 Å². The number of benzene rings is 2. The average molecular weight is 263 g/mol. The van der Waals surface area contributed by atoms with E-state index in [0.717, 1.165) is 18.4 Å². The summed E-state index contributed by atoms with van der Waals surface area (Å²) in [6.07, 6.45) is 1.57. The normalized spacial score (nSPS) is 17.4. The molecule has 0 atom stereocenters. The van der Waals surface area contributed by atoms with Gasteiger partial charge in [0.15, 0.2) is 0 Å². The van der Waals surface area contributed by atoms with Crippen LogP contribution in [0.3, 0.4) is 0 Å². The van der Waals surface area contributed by atoms with Gasteiger partial charge in [-0.25, -0.2) is 6.57 Å². The summed E-state index contributed by atoms with van der Waals surface area (Å²) in [6, 6.07) is 18.7. The van der Waals surface area contributed by atoms with Gasteiger partial charge in [0, 0.05) is 5.56 Å². The molecule has 0 N–H and O–H groups in total. The van der Waals surface area contributed by atoms with Crippen LogP contribution in [0.1, 0.15) is 18.4 Å². The second kappa shape index (κ2) is 5.48. The van der Waals surface area contributed by atoms with Crippen LogP contribution in [0.2, 0.25) is 0 Å². The van der Waals surface area contributed by atoms with Gasteiger partial charge in [0.1, 0.15) is 0 Å². The highest BCUT2D eigenvalue weighted by Crippen LogP contribution is 2.37. The van der Waals surface area contributed by atoms with Crippen molar-refractivity contribution in [3.05, 3.63) is 71.6 Å². The summed E-state index contributed by atoms with van der Waals surface area (Å²) in [5.74, 6) is 0. The maximum atomic E-state index is 7.63. The molecule has 2 nitrogen and oxygen atoms in total. The molecule has 3 rings (SSSR count). The second-order valence-corrected chi connectivity index (χ2v) is 5.20. The first kappa shape index (κ1) is 12.9. The van der Waals surface area contributed by atoms with Crippen molar-refractivity contribution < 1.29 is 4.74 Å². The van der Waals surface area contributed by atoms with Crippen LogP contribution in [0.5, 0.6) is 0 Å². The van der Waals surface area contributed by atoms with E-state index < -0.39 is 5.54 Å². The molecule has 0 aromatic heterocycles. The van der Waals surface area contributed by atoms with Gasteiger partial charge in [0.2, 0.25) is 0 Å². The molecule has 0 unspecified atom stereocenters. The third-order valence-corrected chi connectivity index (χ3v) is 4.04. The number of ether oxygens (including phenoxy) is 1. The summed E-state index contributed by atoms with van der Waals surface area (Å²) < 4.78 is 5.42. The molecule has 0 aliphatic carbocycles. The monoisotopic (exact) mass is 263 g/mol. The summed E-state index contributed by atoms with van der Waals surface area (Å²) >= 11 is 0. The SMILES string of the molecule is [C-]#[N+]C1(c2cccc(-c3ccccc3)c2)CCOCC1. The van der Waals surface area contributed by atoms with Gasteiger partial charge in [-0.3, -0.25) is 0 Å². The predicted octanol–water partition coefficient (Wildman–Crippen LogP) is 4.28. The highest BCUT2D eigenvalue weighted by atomic mass is 16.5. The highest BCUT2D eigenvalue weighted by molar-refractivity contribution is 5.64. The Morgan fingerprint density at radius 2 is 1.60 bits per heavy atom. The van der Waals surface area contributed by atoms with Gasteiger partial charge in [-0.1, -0.05) is 48.5 Å². The van der Waals surface area contributed by atoms with Gasteiger partial charge in [0.25, 0.3) is 5.54 Å². The molecule has 0 radical (unpaired) electrons. The van der Waals surface area contributed by atoms with Crippen molar-refractivity contribution in [2.24, 2.45) is 0 Å². The van der Waals surface area contributed by atoms with E-state index in [1.807, 2.05) is 18.2 Å². The van der Waals surface area contributed by atoms with Crippen LogP contribution in [-0.2, 0) is 10.3 Å². The molecule has 2 aromatic rings. The summed E-state index contributed by atoms with van der Waals surface area (Å²) in [5, 5.41) is 0. The minimum absolute atomic E-state index is 0.400. The maximum Gasteiger partial charge on any atom is 0.261 e. The molecule has 100 valence electrons. The van der Waals surface area contributed by atoms with E-state index in [9.17, 15) is 0 Å². The van der Waals surface area contributed by atoms with Gasteiger partial charge in [-0.15, -0.1) is 0 Å². The van der Waals surface area contributed by atoms with Crippen LogP contribution in [0.25, 0.3) is 16.0 Å². The smallest absolute Gasteiger partial charge is 0.261 e. The Hall–Kier alpha value is -2.11. The lowest BCUT2D eigenvalue weighted by atomic mass is 9.82. The Bertz CT molecular complexity index is 621. The molecular weight excluding hydrogens is 246 g/mol. The zero-order valence-corrected chi connectivity index (χ0v) is 11.4. The van der Waals surface area contributed by atoms with Gasteiger partial charge in [-0.2, -0.15) is 0 Å². The van der Waals surface area contributed by atoms with Crippen LogP contribution in [0.4, 0.5) is 0 Å². The number of nitrogens with zero attached hydrogens (tertiary/aromatic N) is 1. The Labute approximate surface area is 119 Å². The van der Waals surface area contributed by atoms with Crippen LogP contribution in [-0.4, -0.2) is 13.2 Å². The van der Waals surface area contributed by atoms with Crippen LogP contribution >= 0.6 is 0 Å². The lowest BCUT2D eigenvalue weighted by Crippen LogP contribution is -2.30. The van der Waals surface area contributed by atoms with Crippen molar-refractivity contribution in [1.82, 2.24) is 0 Å². The molecule has 2 heteroatoms. The minimum Gasteiger partial charge on any atom is -0.381 e. The minimum atomic E-state index is -0.400. The van der Waals surface area contributed by atoms with Crippen molar-refractivity contribution >= 4 is 0 Å². The van der Waals surface area contributed by atoms with Crippen LogP contribution < -0.4 is 0 Å². The average Bonchev–Trinajstić information content (AvgIpc) is 2.56. The quantitative estimate of drug-likeness (QED) is 0.737. The Morgan fingerprint density at radius 3 is 2.30 bits per heavy atom. The van der Waals surface area contributed by atoms with E-state index in [0.29, 0.717) is 13.2 Å². The molecule has 1 heterocycles. The fraction of sp³-hybridized carbons (Fsp3) is 0.278. The lowest BCUT2D eigenvalue weighted by Gasteiger charge is -2.27. The van der Waals surface area contributed by atoms with Crippen molar-refractivity contribution in [1.29, 1.82) is 0 Å². The molecule has 0 spiro atoms. The van der Waals surface area contributed by atoms with Gasteiger partial charge >= 0.3 is 0 Å². The molecule has 1 aliphatic rings. The highest BCUT2D eigenvalue weighted by Gasteiger charge is 2.40. The lowest BCUT2D eigenvalue weighted by molar-refractivity contribution is 0.0646. The summed E-state index contributed by atoms with van der Waals surface area (Å²) in [4.78, 5) is 3.95. The predicted molar refractivity (Wildman–Crippen MR) is 80.2 cm³/mol. The second-order valence-electron chi connectivity index (χ2n) is 5.20. The van der Waals surface area contributed by atoms with Crippen LogP contribution in [0.15, 0.2) is 54.6 Å². The molecule has 1 aliphatic heterocycles. The number of hydrogen-bond acceptors (Lipinski definition) is 1. The van der Waals surface area contributed by atoms with Gasteiger partial charge in [0.05, 0.1) is 26.1 Å². The molecule has 1 fully saturated rings. The summed E-state index contributed by atoms with van der Waals surface area (Å²) in [5.41, 5.74) is 3.10. The first-order valence-corrected chi connectivity index (χ1v) is 6.96. The van der Waals surface area contributed by atoms with E-state index in [4.69, 9.17) is 11.3 Å². The fourth-order valence-electron chi connectivity index (χ4n) is 2.79. The number of rotatable bonds is 2.